The lowest BCUT2D eigenvalue weighted by Crippen LogP contribution is -2.44. The summed E-state index contributed by atoms with van der Waals surface area (Å²) in [4.78, 5) is 14.5. The molecule has 0 N–H and O–H groups in total. The summed E-state index contributed by atoms with van der Waals surface area (Å²) >= 11 is 1.62. The molecule has 1 saturated heterocycles. The summed E-state index contributed by atoms with van der Waals surface area (Å²) in [6.07, 6.45) is 6.96. The van der Waals surface area contributed by atoms with Crippen LogP contribution in [0.3, 0.4) is 0 Å². The van der Waals surface area contributed by atoms with Gasteiger partial charge in [-0.05, 0) is 61.6 Å². The minimum atomic E-state index is -0.297. The Morgan fingerprint density at radius 1 is 1.29 bits per heavy atom. The van der Waals surface area contributed by atoms with Crippen LogP contribution in [0, 0.1) is 11.3 Å². The molecule has 0 aromatic heterocycles. The van der Waals surface area contributed by atoms with E-state index in [4.69, 9.17) is 0 Å². The van der Waals surface area contributed by atoms with E-state index in [2.05, 4.69) is 18.2 Å². The van der Waals surface area contributed by atoms with Crippen molar-refractivity contribution in [2.24, 2.45) is 0 Å². The maximum atomic E-state index is 12.6. The Labute approximate surface area is 130 Å². The number of thioether (sulfide) groups is 1. The number of fused-ring (bicyclic) bond motifs is 1. The number of nitriles is 1. The van der Waals surface area contributed by atoms with Gasteiger partial charge in [0.25, 0.3) is 5.91 Å². The first kappa shape index (κ1) is 14.5. The number of hydrogen-bond acceptors (Lipinski definition) is 3. The highest BCUT2D eigenvalue weighted by atomic mass is 32.2. The Balaban J connectivity index is 1.71. The first-order valence-corrected chi connectivity index (χ1v) is 8.77. The summed E-state index contributed by atoms with van der Waals surface area (Å²) in [5, 5.41) is 9.31. The molecule has 4 heteroatoms. The van der Waals surface area contributed by atoms with Crippen LogP contribution < -0.4 is 0 Å². The third-order valence-electron chi connectivity index (χ3n) is 4.80. The highest BCUT2D eigenvalue weighted by Crippen LogP contribution is 2.34. The zero-order valence-electron chi connectivity index (χ0n) is 12.4. The second-order valence-electron chi connectivity index (χ2n) is 5.94. The number of amides is 1. The Bertz CT molecular complexity index is 597. The number of carbonyl (C=O) groups excluding carboxylic acids is 1. The van der Waals surface area contributed by atoms with Crippen LogP contribution in [0.1, 0.15) is 40.7 Å². The number of likely N-dealkylation sites (tertiary alicyclic amines) is 1. The van der Waals surface area contributed by atoms with Gasteiger partial charge >= 0.3 is 0 Å². The SMILES string of the molecule is CSC1(C#N)CCN(C(=O)c2ccc3c(c2)CCC3)CC1. The number of carbonyl (C=O) groups is 1. The number of piperidine rings is 1. The van der Waals surface area contributed by atoms with Crippen molar-refractivity contribution in [1.82, 2.24) is 4.90 Å². The fourth-order valence-corrected chi connectivity index (χ4v) is 4.00. The smallest absolute Gasteiger partial charge is 0.253 e. The van der Waals surface area contributed by atoms with Crippen LogP contribution in [-0.2, 0) is 12.8 Å². The van der Waals surface area contributed by atoms with Crippen molar-refractivity contribution in [3.05, 3.63) is 34.9 Å². The Hall–Kier alpha value is -1.47. The first-order chi connectivity index (χ1) is 10.2. The maximum Gasteiger partial charge on any atom is 0.253 e. The summed E-state index contributed by atoms with van der Waals surface area (Å²) in [6.45, 7) is 1.37. The van der Waals surface area contributed by atoms with E-state index in [0.717, 1.165) is 31.2 Å². The molecular formula is C17H20N2OS. The molecule has 0 bridgehead atoms. The summed E-state index contributed by atoms with van der Waals surface area (Å²) in [6, 6.07) is 8.58. The average molecular weight is 300 g/mol. The molecule has 1 aromatic carbocycles. The normalized spacial score (nSPS) is 19.9. The van der Waals surface area contributed by atoms with Gasteiger partial charge in [0, 0.05) is 18.7 Å². The molecule has 0 atom stereocenters. The molecular weight excluding hydrogens is 280 g/mol. The van der Waals surface area contributed by atoms with Crippen LogP contribution in [0.15, 0.2) is 18.2 Å². The molecule has 2 aliphatic rings. The maximum absolute atomic E-state index is 12.6. The molecule has 0 spiro atoms. The molecule has 0 radical (unpaired) electrons. The largest absolute Gasteiger partial charge is 0.338 e. The molecule has 1 aliphatic heterocycles. The topological polar surface area (TPSA) is 44.1 Å². The lowest BCUT2D eigenvalue weighted by Gasteiger charge is -2.36. The molecule has 0 unspecified atom stereocenters. The average Bonchev–Trinajstić information content (AvgIpc) is 3.02. The van der Waals surface area contributed by atoms with Crippen LogP contribution in [0.4, 0.5) is 0 Å². The number of rotatable bonds is 2. The molecule has 0 saturated carbocycles. The summed E-state index contributed by atoms with van der Waals surface area (Å²) in [5.41, 5.74) is 3.55. The van der Waals surface area contributed by atoms with E-state index < -0.39 is 0 Å². The predicted molar refractivity (Wildman–Crippen MR) is 85.5 cm³/mol. The molecule has 1 aliphatic carbocycles. The molecule has 110 valence electrons. The van der Waals surface area contributed by atoms with Crippen molar-refractivity contribution in [1.29, 1.82) is 5.26 Å². The third kappa shape index (κ3) is 2.67. The van der Waals surface area contributed by atoms with E-state index in [1.54, 1.807) is 11.8 Å². The van der Waals surface area contributed by atoms with Gasteiger partial charge in [0.2, 0.25) is 0 Å². The van der Waals surface area contributed by atoms with Gasteiger partial charge in [0.15, 0.2) is 0 Å². The van der Waals surface area contributed by atoms with Gasteiger partial charge in [-0.3, -0.25) is 4.79 Å². The van der Waals surface area contributed by atoms with Gasteiger partial charge in [-0.2, -0.15) is 5.26 Å². The van der Waals surface area contributed by atoms with Crippen LogP contribution in [0.2, 0.25) is 0 Å². The van der Waals surface area contributed by atoms with Crippen molar-refractivity contribution in [2.75, 3.05) is 19.3 Å². The monoisotopic (exact) mass is 300 g/mol. The summed E-state index contributed by atoms with van der Waals surface area (Å²) < 4.78 is -0.297. The molecule has 1 heterocycles. The van der Waals surface area contributed by atoms with Gasteiger partial charge in [-0.1, -0.05) is 6.07 Å². The zero-order valence-corrected chi connectivity index (χ0v) is 13.2. The van der Waals surface area contributed by atoms with Crippen LogP contribution in [-0.4, -0.2) is 34.9 Å². The third-order valence-corrected chi connectivity index (χ3v) is 6.08. The standard InChI is InChI=1S/C17H20N2OS/c1-21-17(12-18)7-9-19(10-8-17)16(20)15-6-5-13-3-2-4-14(13)11-15/h5-6,11H,2-4,7-10H2,1H3. The zero-order chi connectivity index (χ0) is 14.9. The van der Waals surface area contributed by atoms with Crippen molar-refractivity contribution < 1.29 is 4.79 Å². The Kier molecular flexibility index (Phi) is 3.95. The fraction of sp³-hybridized carbons (Fsp3) is 0.529. The first-order valence-electron chi connectivity index (χ1n) is 7.55. The van der Waals surface area contributed by atoms with Crippen molar-refractivity contribution in [3.63, 3.8) is 0 Å². The lowest BCUT2D eigenvalue weighted by atomic mass is 9.96. The van der Waals surface area contributed by atoms with E-state index in [1.165, 1.54) is 17.5 Å². The highest BCUT2D eigenvalue weighted by molar-refractivity contribution is 8.00. The van der Waals surface area contributed by atoms with Crippen molar-refractivity contribution >= 4 is 17.7 Å². The minimum Gasteiger partial charge on any atom is -0.338 e. The molecule has 1 aromatic rings. The second-order valence-corrected chi connectivity index (χ2v) is 7.13. The molecule has 1 fully saturated rings. The lowest BCUT2D eigenvalue weighted by molar-refractivity contribution is 0.0716. The van der Waals surface area contributed by atoms with E-state index in [-0.39, 0.29) is 10.7 Å². The fourth-order valence-electron chi connectivity index (χ4n) is 3.32. The molecule has 3 nitrogen and oxygen atoms in total. The Morgan fingerprint density at radius 2 is 2.00 bits per heavy atom. The summed E-state index contributed by atoms with van der Waals surface area (Å²) in [7, 11) is 0. The van der Waals surface area contributed by atoms with Gasteiger partial charge < -0.3 is 4.90 Å². The van der Waals surface area contributed by atoms with Crippen LogP contribution in [0.25, 0.3) is 0 Å². The summed E-state index contributed by atoms with van der Waals surface area (Å²) in [5.74, 6) is 0.123. The van der Waals surface area contributed by atoms with Crippen LogP contribution >= 0.6 is 11.8 Å². The number of hydrogen-bond donors (Lipinski definition) is 0. The molecule has 21 heavy (non-hydrogen) atoms. The predicted octanol–water partition coefficient (Wildman–Crippen LogP) is 3.04. The van der Waals surface area contributed by atoms with Gasteiger partial charge in [-0.25, -0.2) is 0 Å². The van der Waals surface area contributed by atoms with Gasteiger partial charge in [-0.15, -0.1) is 11.8 Å². The van der Waals surface area contributed by atoms with E-state index >= 15 is 0 Å². The van der Waals surface area contributed by atoms with E-state index in [1.807, 2.05) is 17.2 Å². The molecule has 1 amide bonds. The van der Waals surface area contributed by atoms with Crippen molar-refractivity contribution in [2.45, 2.75) is 36.9 Å². The number of benzene rings is 1. The number of nitrogens with zero attached hydrogens (tertiary/aromatic N) is 2. The van der Waals surface area contributed by atoms with E-state index in [0.29, 0.717) is 13.1 Å². The van der Waals surface area contributed by atoms with Gasteiger partial charge in [0.1, 0.15) is 4.75 Å². The van der Waals surface area contributed by atoms with Crippen molar-refractivity contribution in [3.8, 4) is 6.07 Å². The quantitative estimate of drug-likeness (QED) is 0.843. The second kappa shape index (κ2) is 5.73. The minimum absolute atomic E-state index is 0.123. The highest BCUT2D eigenvalue weighted by Gasteiger charge is 2.35. The van der Waals surface area contributed by atoms with Crippen LogP contribution in [0.5, 0.6) is 0 Å². The number of aryl methyl sites for hydroxylation is 2. The Morgan fingerprint density at radius 3 is 2.67 bits per heavy atom. The molecule has 3 rings (SSSR count). The van der Waals surface area contributed by atoms with E-state index in [9.17, 15) is 10.1 Å². The van der Waals surface area contributed by atoms with Gasteiger partial charge in [0.05, 0.1) is 6.07 Å².